The maximum absolute atomic E-state index is 11.9. The predicted molar refractivity (Wildman–Crippen MR) is 118 cm³/mol. The highest BCUT2D eigenvalue weighted by Gasteiger charge is 2.43. The third kappa shape index (κ3) is 3.30. The number of hydrogen-bond acceptors (Lipinski definition) is 1. The van der Waals surface area contributed by atoms with E-state index in [1.54, 1.807) is 0 Å². The summed E-state index contributed by atoms with van der Waals surface area (Å²) in [6.45, 7) is 0. The molecule has 0 aliphatic carbocycles. The van der Waals surface area contributed by atoms with Crippen LogP contribution in [-0.4, -0.2) is 5.11 Å². The minimum atomic E-state index is -0.757. The molecule has 0 spiro atoms. The third-order valence-electron chi connectivity index (χ3n) is 5.28. The van der Waals surface area contributed by atoms with E-state index >= 15 is 0 Å². The van der Waals surface area contributed by atoms with Gasteiger partial charge in [-0.1, -0.05) is 119 Å². The van der Waals surface area contributed by atoms with Crippen LogP contribution in [0.15, 0.2) is 120 Å². The van der Waals surface area contributed by atoms with Gasteiger partial charge in [0.15, 0.2) is 0 Å². The summed E-state index contributed by atoms with van der Waals surface area (Å²) in [5, 5.41) is 11.9. The molecule has 138 valence electrons. The van der Waals surface area contributed by atoms with Crippen molar-refractivity contribution < 1.29 is 5.11 Å². The van der Waals surface area contributed by atoms with Gasteiger partial charge >= 0.3 is 0 Å². The van der Waals surface area contributed by atoms with E-state index in [9.17, 15) is 5.11 Å². The van der Waals surface area contributed by atoms with E-state index in [1.165, 1.54) is 0 Å². The fraction of sp³-hybridized carbons (Fsp3) is 0.0769. The van der Waals surface area contributed by atoms with Crippen molar-refractivity contribution >= 4 is 15.9 Å². The molecule has 0 amide bonds. The van der Waals surface area contributed by atoms with E-state index in [4.69, 9.17) is 0 Å². The molecule has 0 aliphatic rings. The largest absolute Gasteiger partial charge is 0.387 e. The Labute approximate surface area is 174 Å². The number of aliphatic hydroxyl groups excluding tert-OH is 1. The summed E-state index contributed by atoms with van der Waals surface area (Å²) in [4.78, 5) is 0. The molecule has 1 unspecified atom stereocenters. The summed E-state index contributed by atoms with van der Waals surface area (Å²) < 4.78 is 0.994. The zero-order chi connectivity index (χ0) is 19.4. The van der Waals surface area contributed by atoms with Crippen molar-refractivity contribution in [3.63, 3.8) is 0 Å². The number of benzene rings is 4. The number of hydrogen-bond donors (Lipinski definition) is 1. The molecule has 28 heavy (non-hydrogen) atoms. The second kappa shape index (κ2) is 8.14. The molecule has 4 aromatic carbocycles. The zero-order valence-electron chi connectivity index (χ0n) is 15.4. The van der Waals surface area contributed by atoms with Gasteiger partial charge in [-0.15, -0.1) is 0 Å². The fourth-order valence-electron chi connectivity index (χ4n) is 3.97. The molecule has 1 N–H and O–H groups in total. The second-order valence-corrected chi connectivity index (χ2v) is 7.78. The molecule has 0 saturated heterocycles. The standard InChI is InChI=1S/C26H21BrO/c27-24-18-16-20(17-19-24)25(28)26(21-10-4-1-5-11-21,22-12-6-2-7-13-22)23-14-8-3-9-15-23/h1-19,25,28H. The minimum Gasteiger partial charge on any atom is -0.387 e. The lowest BCUT2D eigenvalue weighted by Crippen LogP contribution is -2.36. The summed E-state index contributed by atoms with van der Waals surface area (Å²) in [6, 6.07) is 38.7. The molecule has 2 heteroatoms. The second-order valence-electron chi connectivity index (χ2n) is 6.86. The molecule has 0 radical (unpaired) electrons. The van der Waals surface area contributed by atoms with Gasteiger partial charge in [0.2, 0.25) is 0 Å². The lowest BCUT2D eigenvalue weighted by Gasteiger charge is -2.40. The van der Waals surface area contributed by atoms with Gasteiger partial charge in [-0.2, -0.15) is 0 Å². The Hall–Kier alpha value is -2.68. The number of aliphatic hydroxyl groups is 1. The number of halogens is 1. The van der Waals surface area contributed by atoms with Crippen molar-refractivity contribution in [3.8, 4) is 0 Å². The predicted octanol–water partition coefficient (Wildman–Crippen LogP) is 6.52. The molecule has 0 fully saturated rings. The van der Waals surface area contributed by atoms with Gasteiger partial charge in [0, 0.05) is 4.47 Å². The van der Waals surface area contributed by atoms with Crippen LogP contribution in [0.4, 0.5) is 0 Å². The first kappa shape index (κ1) is 18.7. The van der Waals surface area contributed by atoms with Crippen LogP contribution in [0.1, 0.15) is 28.4 Å². The van der Waals surface area contributed by atoms with Crippen molar-refractivity contribution in [2.45, 2.75) is 11.5 Å². The van der Waals surface area contributed by atoms with Crippen LogP contribution in [0.25, 0.3) is 0 Å². The fourth-order valence-corrected chi connectivity index (χ4v) is 4.24. The van der Waals surface area contributed by atoms with Gasteiger partial charge in [-0.3, -0.25) is 0 Å². The molecular formula is C26H21BrO. The molecule has 0 heterocycles. The maximum atomic E-state index is 11.9. The van der Waals surface area contributed by atoms with Crippen molar-refractivity contribution in [1.29, 1.82) is 0 Å². The van der Waals surface area contributed by atoms with E-state index in [-0.39, 0.29) is 0 Å². The topological polar surface area (TPSA) is 20.2 Å². The molecule has 0 bridgehead atoms. The maximum Gasteiger partial charge on any atom is 0.0968 e. The highest BCUT2D eigenvalue weighted by Crippen LogP contribution is 2.48. The van der Waals surface area contributed by atoms with E-state index in [0.717, 1.165) is 26.7 Å². The molecular weight excluding hydrogens is 408 g/mol. The Kier molecular flexibility index (Phi) is 5.43. The van der Waals surface area contributed by atoms with Crippen LogP contribution >= 0.6 is 15.9 Å². The Morgan fingerprint density at radius 3 is 1.25 bits per heavy atom. The average Bonchev–Trinajstić information content (AvgIpc) is 2.77. The minimum absolute atomic E-state index is 0.725. The van der Waals surface area contributed by atoms with Gasteiger partial charge in [-0.05, 0) is 34.4 Å². The van der Waals surface area contributed by atoms with Crippen LogP contribution in [0.5, 0.6) is 0 Å². The molecule has 1 atom stereocenters. The smallest absolute Gasteiger partial charge is 0.0968 e. The summed E-state index contributed by atoms with van der Waals surface area (Å²) in [7, 11) is 0. The third-order valence-corrected chi connectivity index (χ3v) is 5.81. The van der Waals surface area contributed by atoms with E-state index in [1.807, 2.05) is 78.9 Å². The first-order valence-electron chi connectivity index (χ1n) is 9.33. The summed E-state index contributed by atoms with van der Waals surface area (Å²) in [6.07, 6.45) is -0.757. The van der Waals surface area contributed by atoms with Crippen LogP contribution in [0.2, 0.25) is 0 Å². The Bertz CT molecular complexity index is 916. The SMILES string of the molecule is OC(c1ccc(Br)cc1)C(c1ccccc1)(c1ccccc1)c1ccccc1. The van der Waals surface area contributed by atoms with Gasteiger partial charge in [0.05, 0.1) is 11.5 Å². The first-order valence-corrected chi connectivity index (χ1v) is 10.1. The molecule has 0 aliphatic heterocycles. The van der Waals surface area contributed by atoms with Crippen molar-refractivity contribution in [2.75, 3.05) is 0 Å². The molecule has 0 aromatic heterocycles. The highest BCUT2D eigenvalue weighted by molar-refractivity contribution is 9.10. The molecule has 1 nitrogen and oxygen atoms in total. The lowest BCUT2D eigenvalue weighted by atomic mass is 9.64. The van der Waals surface area contributed by atoms with Crippen LogP contribution in [0, 0.1) is 0 Å². The van der Waals surface area contributed by atoms with Crippen LogP contribution in [0.3, 0.4) is 0 Å². The van der Waals surface area contributed by atoms with Crippen LogP contribution < -0.4 is 0 Å². The van der Waals surface area contributed by atoms with Gasteiger partial charge in [0.25, 0.3) is 0 Å². The van der Waals surface area contributed by atoms with Gasteiger partial charge in [-0.25, -0.2) is 0 Å². The molecule has 4 aromatic rings. The Morgan fingerprint density at radius 2 is 0.893 bits per heavy atom. The van der Waals surface area contributed by atoms with Crippen molar-refractivity contribution in [2.24, 2.45) is 0 Å². The normalized spacial score (nSPS) is 12.5. The lowest BCUT2D eigenvalue weighted by molar-refractivity contribution is 0.122. The van der Waals surface area contributed by atoms with E-state index in [2.05, 4.69) is 52.3 Å². The quantitative estimate of drug-likeness (QED) is 0.358. The van der Waals surface area contributed by atoms with Crippen molar-refractivity contribution in [3.05, 3.63) is 142 Å². The number of rotatable bonds is 5. The molecule has 0 saturated carbocycles. The summed E-state index contributed by atoms with van der Waals surface area (Å²) in [5.41, 5.74) is 3.32. The van der Waals surface area contributed by atoms with Crippen LogP contribution in [-0.2, 0) is 5.41 Å². The van der Waals surface area contributed by atoms with E-state index < -0.39 is 11.5 Å². The Balaban J connectivity index is 2.05. The summed E-state index contributed by atoms with van der Waals surface area (Å²) >= 11 is 3.50. The summed E-state index contributed by atoms with van der Waals surface area (Å²) in [5.74, 6) is 0. The zero-order valence-corrected chi connectivity index (χ0v) is 17.0. The average molecular weight is 429 g/mol. The van der Waals surface area contributed by atoms with Gasteiger partial charge < -0.3 is 5.11 Å². The van der Waals surface area contributed by atoms with E-state index in [0.29, 0.717) is 0 Å². The Morgan fingerprint density at radius 1 is 0.536 bits per heavy atom. The highest BCUT2D eigenvalue weighted by atomic mass is 79.9. The first-order chi connectivity index (χ1) is 13.7. The molecule has 4 rings (SSSR count). The van der Waals surface area contributed by atoms with Gasteiger partial charge in [0.1, 0.15) is 0 Å². The van der Waals surface area contributed by atoms with Crippen molar-refractivity contribution in [1.82, 2.24) is 0 Å². The monoisotopic (exact) mass is 428 g/mol.